The van der Waals surface area contributed by atoms with Gasteiger partial charge in [-0.15, -0.1) is 0 Å². The van der Waals surface area contributed by atoms with Gasteiger partial charge in [0.1, 0.15) is 5.75 Å². The van der Waals surface area contributed by atoms with E-state index in [2.05, 4.69) is 23.2 Å². The lowest BCUT2D eigenvalue weighted by Crippen LogP contribution is -2.05. The standard InChI is InChI=1S/C16H18N2O/c17-16-6-3-13-10-14(4-5-15(13)16)19-9-7-12-2-1-8-18-11-12/h1-2,4-5,8,10-11,16H,3,6-7,9,17H2. The molecule has 1 aromatic heterocycles. The Morgan fingerprint density at radius 3 is 3.11 bits per heavy atom. The van der Waals surface area contributed by atoms with Gasteiger partial charge >= 0.3 is 0 Å². The fourth-order valence-corrected chi connectivity index (χ4v) is 2.55. The SMILES string of the molecule is NC1CCc2cc(OCCc3cccnc3)ccc21. The fourth-order valence-electron chi connectivity index (χ4n) is 2.55. The van der Waals surface area contributed by atoms with E-state index in [0.29, 0.717) is 6.61 Å². The van der Waals surface area contributed by atoms with E-state index in [0.717, 1.165) is 25.0 Å². The quantitative estimate of drug-likeness (QED) is 0.912. The van der Waals surface area contributed by atoms with Crippen LogP contribution in [0.3, 0.4) is 0 Å². The van der Waals surface area contributed by atoms with Gasteiger partial charge in [-0.1, -0.05) is 12.1 Å². The van der Waals surface area contributed by atoms with Gasteiger partial charge < -0.3 is 10.5 Å². The second-order valence-corrected chi connectivity index (χ2v) is 4.97. The van der Waals surface area contributed by atoms with Crippen LogP contribution in [0.4, 0.5) is 0 Å². The maximum absolute atomic E-state index is 6.02. The van der Waals surface area contributed by atoms with Crippen LogP contribution in [-0.2, 0) is 12.8 Å². The van der Waals surface area contributed by atoms with Crippen LogP contribution < -0.4 is 10.5 Å². The van der Waals surface area contributed by atoms with E-state index in [1.54, 1.807) is 6.20 Å². The molecule has 3 nitrogen and oxygen atoms in total. The van der Waals surface area contributed by atoms with E-state index in [1.165, 1.54) is 16.7 Å². The van der Waals surface area contributed by atoms with Gasteiger partial charge in [0, 0.05) is 24.9 Å². The summed E-state index contributed by atoms with van der Waals surface area (Å²) >= 11 is 0. The van der Waals surface area contributed by atoms with Crippen molar-refractivity contribution in [1.29, 1.82) is 0 Å². The van der Waals surface area contributed by atoms with E-state index < -0.39 is 0 Å². The molecule has 0 fully saturated rings. The van der Waals surface area contributed by atoms with E-state index in [1.807, 2.05) is 18.3 Å². The Kier molecular flexibility index (Phi) is 3.47. The molecular weight excluding hydrogens is 236 g/mol. The number of benzene rings is 1. The van der Waals surface area contributed by atoms with Crippen LogP contribution in [0, 0.1) is 0 Å². The lowest BCUT2D eigenvalue weighted by atomic mass is 10.1. The predicted molar refractivity (Wildman–Crippen MR) is 75.1 cm³/mol. The molecule has 2 aromatic rings. The summed E-state index contributed by atoms with van der Waals surface area (Å²) in [6.45, 7) is 0.677. The molecule has 0 bridgehead atoms. The molecule has 1 atom stereocenters. The number of nitrogens with zero attached hydrogens (tertiary/aromatic N) is 1. The lowest BCUT2D eigenvalue weighted by molar-refractivity contribution is 0.321. The fraction of sp³-hybridized carbons (Fsp3) is 0.312. The average molecular weight is 254 g/mol. The van der Waals surface area contributed by atoms with Gasteiger partial charge in [0.25, 0.3) is 0 Å². The number of fused-ring (bicyclic) bond motifs is 1. The van der Waals surface area contributed by atoms with Gasteiger partial charge in [-0.05, 0) is 47.7 Å². The second-order valence-electron chi connectivity index (χ2n) is 4.97. The Morgan fingerprint density at radius 1 is 1.32 bits per heavy atom. The van der Waals surface area contributed by atoms with E-state index in [9.17, 15) is 0 Å². The zero-order valence-corrected chi connectivity index (χ0v) is 10.9. The van der Waals surface area contributed by atoms with Crippen LogP contribution in [0.5, 0.6) is 5.75 Å². The van der Waals surface area contributed by atoms with Crippen molar-refractivity contribution in [3.05, 3.63) is 59.4 Å². The number of aromatic nitrogens is 1. The van der Waals surface area contributed by atoms with Crippen LogP contribution in [0.25, 0.3) is 0 Å². The molecule has 0 saturated heterocycles. The first-order chi connectivity index (χ1) is 9.33. The zero-order chi connectivity index (χ0) is 13.1. The number of pyridine rings is 1. The summed E-state index contributed by atoms with van der Waals surface area (Å²) in [5, 5.41) is 0. The highest BCUT2D eigenvalue weighted by atomic mass is 16.5. The molecule has 2 N–H and O–H groups in total. The van der Waals surface area contributed by atoms with Gasteiger partial charge in [-0.2, -0.15) is 0 Å². The normalized spacial score (nSPS) is 17.2. The van der Waals surface area contributed by atoms with Crippen molar-refractivity contribution >= 4 is 0 Å². The molecule has 0 radical (unpaired) electrons. The molecule has 1 heterocycles. The number of ether oxygens (including phenoxy) is 1. The lowest BCUT2D eigenvalue weighted by Gasteiger charge is -2.09. The molecule has 0 spiro atoms. The van der Waals surface area contributed by atoms with Gasteiger partial charge in [0.05, 0.1) is 6.61 Å². The highest BCUT2D eigenvalue weighted by Gasteiger charge is 2.18. The van der Waals surface area contributed by atoms with Crippen LogP contribution in [-0.4, -0.2) is 11.6 Å². The Labute approximate surface area is 113 Å². The average Bonchev–Trinajstić information content (AvgIpc) is 2.81. The predicted octanol–water partition coefficient (Wildman–Crippen LogP) is 2.65. The van der Waals surface area contributed by atoms with Crippen molar-refractivity contribution < 1.29 is 4.74 Å². The van der Waals surface area contributed by atoms with Crippen LogP contribution in [0.1, 0.15) is 29.2 Å². The maximum Gasteiger partial charge on any atom is 0.119 e. The summed E-state index contributed by atoms with van der Waals surface area (Å²) in [6, 6.07) is 10.5. The largest absolute Gasteiger partial charge is 0.493 e. The number of hydrogen-bond acceptors (Lipinski definition) is 3. The minimum Gasteiger partial charge on any atom is -0.493 e. The molecule has 0 amide bonds. The van der Waals surface area contributed by atoms with Gasteiger partial charge in [-0.25, -0.2) is 0 Å². The molecule has 1 unspecified atom stereocenters. The van der Waals surface area contributed by atoms with Gasteiger partial charge in [-0.3, -0.25) is 4.98 Å². The Balaban J connectivity index is 1.59. The summed E-state index contributed by atoms with van der Waals surface area (Å²) in [7, 11) is 0. The second kappa shape index (κ2) is 5.41. The molecular formula is C16H18N2O. The first-order valence-electron chi connectivity index (χ1n) is 6.73. The van der Waals surface area contributed by atoms with Gasteiger partial charge in [0.15, 0.2) is 0 Å². The number of aryl methyl sites for hydroxylation is 1. The topological polar surface area (TPSA) is 48.1 Å². The van der Waals surface area contributed by atoms with Gasteiger partial charge in [0.2, 0.25) is 0 Å². The third-order valence-corrected chi connectivity index (χ3v) is 3.62. The highest BCUT2D eigenvalue weighted by molar-refractivity contribution is 5.40. The summed E-state index contributed by atoms with van der Waals surface area (Å²) in [4.78, 5) is 4.10. The number of hydrogen-bond donors (Lipinski definition) is 1. The van der Waals surface area contributed by atoms with Crippen molar-refractivity contribution in [2.75, 3.05) is 6.61 Å². The summed E-state index contributed by atoms with van der Waals surface area (Å²) in [6.07, 6.45) is 6.66. The zero-order valence-electron chi connectivity index (χ0n) is 10.9. The third-order valence-electron chi connectivity index (χ3n) is 3.62. The highest BCUT2D eigenvalue weighted by Crippen LogP contribution is 2.31. The van der Waals surface area contributed by atoms with E-state index in [-0.39, 0.29) is 6.04 Å². The third kappa shape index (κ3) is 2.76. The molecule has 3 rings (SSSR count). The van der Waals surface area contributed by atoms with Crippen LogP contribution in [0.2, 0.25) is 0 Å². The number of nitrogens with two attached hydrogens (primary N) is 1. The Bertz CT molecular complexity index is 554. The smallest absolute Gasteiger partial charge is 0.119 e. The maximum atomic E-state index is 6.02. The Hall–Kier alpha value is -1.87. The molecule has 1 aromatic carbocycles. The monoisotopic (exact) mass is 254 g/mol. The number of rotatable bonds is 4. The van der Waals surface area contributed by atoms with Crippen molar-refractivity contribution in [1.82, 2.24) is 4.98 Å². The van der Waals surface area contributed by atoms with Crippen molar-refractivity contribution in [2.24, 2.45) is 5.73 Å². The molecule has 19 heavy (non-hydrogen) atoms. The minimum absolute atomic E-state index is 0.208. The molecule has 98 valence electrons. The van der Waals surface area contributed by atoms with Crippen molar-refractivity contribution in [3.63, 3.8) is 0 Å². The first-order valence-corrected chi connectivity index (χ1v) is 6.73. The molecule has 1 aliphatic carbocycles. The van der Waals surface area contributed by atoms with E-state index in [4.69, 9.17) is 10.5 Å². The van der Waals surface area contributed by atoms with Crippen LogP contribution in [0.15, 0.2) is 42.7 Å². The Morgan fingerprint density at radius 2 is 2.26 bits per heavy atom. The molecule has 0 saturated carbocycles. The molecule has 3 heteroatoms. The van der Waals surface area contributed by atoms with Crippen molar-refractivity contribution in [3.8, 4) is 5.75 Å². The molecule has 0 aliphatic heterocycles. The summed E-state index contributed by atoms with van der Waals surface area (Å²) in [5.41, 5.74) is 9.84. The summed E-state index contributed by atoms with van der Waals surface area (Å²) < 4.78 is 5.80. The van der Waals surface area contributed by atoms with Crippen LogP contribution >= 0.6 is 0 Å². The van der Waals surface area contributed by atoms with Crippen molar-refractivity contribution in [2.45, 2.75) is 25.3 Å². The summed E-state index contributed by atoms with van der Waals surface area (Å²) in [5.74, 6) is 0.941. The van der Waals surface area contributed by atoms with E-state index >= 15 is 0 Å². The minimum atomic E-state index is 0.208. The molecule has 1 aliphatic rings. The first kappa shape index (κ1) is 12.2.